The van der Waals surface area contributed by atoms with Crippen LogP contribution in [0.5, 0.6) is 0 Å². The summed E-state index contributed by atoms with van der Waals surface area (Å²) in [7, 11) is 0. The number of alkyl halides is 1. The van der Waals surface area contributed by atoms with E-state index >= 15 is 0 Å². The van der Waals surface area contributed by atoms with E-state index in [-0.39, 0.29) is 11.7 Å². The molecule has 0 aliphatic heterocycles. The van der Waals surface area contributed by atoms with Gasteiger partial charge in [0.2, 0.25) is 0 Å². The zero-order valence-electron chi connectivity index (χ0n) is 6.51. The summed E-state index contributed by atoms with van der Waals surface area (Å²) < 4.78 is 0. The lowest BCUT2D eigenvalue weighted by molar-refractivity contribution is -0.136. The smallest absolute Gasteiger partial charge is 0.158 e. The summed E-state index contributed by atoms with van der Waals surface area (Å²) in [5.74, 6) is 0.825. The molecule has 0 bridgehead atoms. The lowest BCUT2D eigenvalue weighted by atomic mass is 9.63. The predicted octanol–water partition coefficient (Wildman–Crippen LogP) is 2.15. The van der Waals surface area contributed by atoms with Gasteiger partial charge in [-0.15, -0.1) is 11.6 Å². The van der Waals surface area contributed by atoms with Crippen LogP contribution in [0.25, 0.3) is 0 Å². The lowest BCUT2D eigenvalue weighted by Gasteiger charge is -2.45. The second kappa shape index (κ2) is 2.10. The van der Waals surface area contributed by atoms with Gasteiger partial charge in [0.05, 0.1) is 0 Å². The maximum atomic E-state index is 11.4. The first-order valence-corrected chi connectivity index (χ1v) is 4.48. The van der Waals surface area contributed by atoms with Gasteiger partial charge >= 0.3 is 0 Å². The Morgan fingerprint density at radius 1 is 1.82 bits per heavy atom. The van der Waals surface area contributed by atoms with E-state index in [2.05, 4.69) is 12.2 Å². The number of Topliss-reactive ketones (excluding diaryl/α,β-unsaturated/α-hetero) is 1. The van der Waals surface area contributed by atoms with Crippen molar-refractivity contribution in [3.8, 4) is 0 Å². The third-order valence-corrected chi connectivity index (χ3v) is 3.66. The molecule has 0 N–H and O–H groups in total. The standard InChI is InChI=1S/C9H11ClO/c1-2-9(10)7-5-3-4-6(7)8(9)11/h3,5-7H,2,4H2,1H3. The monoisotopic (exact) mass is 170 g/mol. The van der Waals surface area contributed by atoms with E-state index < -0.39 is 4.87 Å². The van der Waals surface area contributed by atoms with Crippen molar-refractivity contribution in [1.29, 1.82) is 0 Å². The van der Waals surface area contributed by atoms with Crippen LogP contribution in [0.15, 0.2) is 12.2 Å². The van der Waals surface area contributed by atoms with Crippen LogP contribution in [-0.4, -0.2) is 10.7 Å². The Bertz CT molecular complexity index is 234. The van der Waals surface area contributed by atoms with Crippen molar-refractivity contribution >= 4 is 17.4 Å². The van der Waals surface area contributed by atoms with Crippen molar-refractivity contribution in [2.24, 2.45) is 11.8 Å². The molecule has 0 aromatic carbocycles. The molecule has 2 aliphatic carbocycles. The number of carbonyl (C=O) groups excluding carboxylic acids is 1. The summed E-state index contributed by atoms with van der Waals surface area (Å²) in [4.78, 5) is 10.9. The third kappa shape index (κ3) is 0.698. The average Bonchev–Trinajstić information content (AvgIpc) is 2.48. The molecule has 0 aromatic rings. The van der Waals surface area contributed by atoms with Crippen LogP contribution in [0, 0.1) is 11.8 Å². The van der Waals surface area contributed by atoms with Crippen molar-refractivity contribution < 1.29 is 4.79 Å². The van der Waals surface area contributed by atoms with E-state index in [0.29, 0.717) is 5.92 Å². The molecule has 1 nitrogen and oxygen atoms in total. The average molecular weight is 171 g/mol. The molecule has 2 heteroatoms. The fourth-order valence-corrected chi connectivity index (χ4v) is 2.55. The first kappa shape index (κ1) is 7.35. The van der Waals surface area contributed by atoms with Gasteiger partial charge in [0.1, 0.15) is 4.87 Å². The summed E-state index contributed by atoms with van der Waals surface area (Å²) in [6.45, 7) is 1.98. The minimum Gasteiger partial charge on any atom is -0.297 e. The molecule has 60 valence electrons. The molecule has 0 spiro atoms. The Morgan fingerprint density at radius 2 is 2.55 bits per heavy atom. The van der Waals surface area contributed by atoms with Crippen LogP contribution in [0.1, 0.15) is 19.8 Å². The predicted molar refractivity (Wildman–Crippen MR) is 44.6 cm³/mol. The Balaban J connectivity index is 2.26. The SMILES string of the molecule is CCC1(Cl)C(=O)C2CC=CC21. The van der Waals surface area contributed by atoms with Crippen molar-refractivity contribution in [2.75, 3.05) is 0 Å². The number of hydrogen-bond acceptors (Lipinski definition) is 1. The van der Waals surface area contributed by atoms with Crippen molar-refractivity contribution in [1.82, 2.24) is 0 Å². The van der Waals surface area contributed by atoms with Gasteiger partial charge in [0, 0.05) is 11.8 Å². The molecule has 2 rings (SSSR count). The zero-order valence-corrected chi connectivity index (χ0v) is 7.27. The van der Waals surface area contributed by atoms with E-state index in [1.54, 1.807) is 0 Å². The molecule has 3 atom stereocenters. The molecule has 0 amide bonds. The Kier molecular flexibility index (Phi) is 1.40. The van der Waals surface area contributed by atoms with Crippen LogP contribution < -0.4 is 0 Å². The molecule has 0 aromatic heterocycles. The summed E-state index contributed by atoms with van der Waals surface area (Å²) in [5, 5.41) is 0. The zero-order chi connectivity index (χ0) is 8.06. The van der Waals surface area contributed by atoms with Gasteiger partial charge in [-0.05, 0) is 12.8 Å². The topological polar surface area (TPSA) is 17.1 Å². The highest BCUT2D eigenvalue weighted by Gasteiger charge is 2.59. The maximum absolute atomic E-state index is 11.4. The summed E-state index contributed by atoms with van der Waals surface area (Å²) in [6, 6.07) is 0. The largest absolute Gasteiger partial charge is 0.297 e. The van der Waals surface area contributed by atoms with Crippen LogP contribution in [0.2, 0.25) is 0 Å². The lowest BCUT2D eigenvalue weighted by Crippen LogP contribution is -2.57. The van der Waals surface area contributed by atoms with Crippen molar-refractivity contribution in [2.45, 2.75) is 24.6 Å². The van der Waals surface area contributed by atoms with E-state index in [1.807, 2.05) is 6.92 Å². The number of fused-ring (bicyclic) bond motifs is 1. The third-order valence-electron chi connectivity index (χ3n) is 2.96. The van der Waals surface area contributed by atoms with Crippen LogP contribution in [-0.2, 0) is 4.79 Å². The highest BCUT2D eigenvalue weighted by atomic mass is 35.5. The molecule has 1 saturated carbocycles. The molecular weight excluding hydrogens is 160 g/mol. The summed E-state index contributed by atoms with van der Waals surface area (Å²) >= 11 is 6.14. The highest BCUT2D eigenvalue weighted by Crippen LogP contribution is 2.52. The van der Waals surface area contributed by atoms with E-state index in [1.165, 1.54) is 0 Å². The maximum Gasteiger partial charge on any atom is 0.158 e. The van der Waals surface area contributed by atoms with Gasteiger partial charge in [-0.25, -0.2) is 0 Å². The number of ketones is 1. The molecule has 0 heterocycles. The number of hydrogen-bond donors (Lipinski definition) is 0. The fourth-order valence-electron chi connectivity index (χ4n) is 2.18. The quantitative estimate of drug-likeness (QED) is 0.436. The van der Waals surface area contributed by atoms with E-state index in [9.17, 15) is 4.79 Å². The van der Waals surface area contributed by atoms with Gasteiger partial charge in [-0.3, -0.25) is 4.79 Å². The minimum atomic E-state index is -0.530. The van der Waals surface area contributed by atoms with E-state index in [0.717, 1.165) is 12.8 Å². The van der Waals surface area contributed by atoms with Crippen LogP contribution in [0.3, 0.4) is 0 Å². The summed E-state index contributed by atoms with van der Waals surface area (Å²) in [6.07, 6.45) is 5.85. The van der Waals surface area contributed by atoms with Crippen molar-refractivity contribution in [3.63, 3.8) is 0 Å². The number of carbonyl (C=O) groups is 1. The number of halogens is 1. The van der Waals surface area contributed by atoms with E-state index in [4.69, 9.17) is 11.6 Å². The van der Waals surface area contributed by atoms with Crippen LogP contribution in [0.4, 0.5) is 0 Å². The van der Waals surface area contributed by atoms with Gasteiger partial charge in [0.25, 0.3) is 0 Å². The second-order valence-corrected chi connectivity index (χ2v) is 4.05. The molecule has 0 saturated heterocycles. The molecule has 0 radical (unpaired) electrons. The van der Waals surface area contributed by atoms with Gasteiger partial charge in [-0.1, -0.05) is 19.1 Å². The first-order valence-electron chi connectivity index (χ1n) is 4.10. The molecule has 1 fully saturated rings. The second-order valence-electron chi connectivity index (χ2n) is 3.38. The Hall–Kier alpha value is -0.300. The fraction of sp³-hybridized carbons (Fsp3) is 0.667. The molecule has 2 aliphatic rings. The molecule has 11 heavy (non-hydrogen) atoms. The molecule has 3 unspecified atom stereocenters. The Labute approximate surface area is 71.4 Å². The van der Waals surface area contributed by atoms with Gasteiger partial charge < -0.3 is 0 Å². The number of allylic oxidation sites excluding steroid dienone is 2. The Morgan fingerprint density at radius 3 is 3.18 bits per heavy atom. The van der Waals surface area contributed by atoms with Crippen LogP contribution >= 0.6 is 11.6 Å². The first-order chi connectivity index (χ1) is 5.20. The van der Waals surface area contributed by atoms with Gasteiger partial charge in [0.15, 0.2) is 5.78 Å². The minimum absolute atomic E-state index is 0.229. The summed E-state index contributed by atoms with van der Waals surface area (Å²) in [5.41, 5.74) is 0. The molecular formula is C9H11ClO. The number of rotatable bonds is 1. The highest BCUT2D eigenvalue weighted by molar-refractivity contribution is 6.38. The van der Waals surface area contributed by atoms with Crippen molar-refractivity contribution in [3.05, 3.63) is 12.2 Å². The normalized spacial score (nSPS) is 47.3. The van der Waals surface area contributed by atoms with Gasteiger partial charge in [-0.2, -0.15) is 0 Å².